The van der Waals surface area contributed by atoms with Gasteiger partial charge in [-0.1, -0.05) is 23.7 Å². The number of amides is 1. The van der Waals surface area contributed by atoms with Gasteiger partial charge in [0.15, 0.2) is 6.10 Å². The van der Waals surface area contributed by atoms with Gasteiger partial charge in [-0.05, 0) is 35.9 Å². The standard InChI is InChI=1S/C17H14ClN3O6S/c1-28(25,26)27-15(10-3-2-4-12(18)7-10)16(22)20-13-5-6-14-11(8-13)9-19-21(14)17(23)24/h2-9,15H,1H3,(H,20,22)(H,23,24). The summed E-state index contributed by atoms with van der Waals surface area (Å²) in [5.41, 5.74) is 0.908. The van der Waals surface area contributed by atoms with Gasteiger partial charge in [0.05, 0.1) is 18.0 Å². The molecule has 1 heterocycles. The first-order valence-corrected chi connectivity index (χ1v) is 9.99. The van der Waals surface area contributed by atoms with E-state index < -0.39 is 28.2 Å². The van der Waals surface area contributed by atoms with Gasteiger partial charge in [-0.25, -0.2) is 4.79 Å². The highest BCUT2D eigenvalue weighted by molar-refractivity contribution is 7.86. The number of carbonyl (C=O) groups excluding carboxylic acids is 1. The van der Waals surface area contributed by atoms with Gasteiger partial charge in [-0.3, -0.25) is 8.98 Å². The molecule has 3 rings (SSSR count). The molecular weight excluding hydrogens is 410 g/mol. The van der Waals surface area contributed by atoms with Crippen molar-refractivity contribution < 1.29 is 27.3 Å². The molecule has 2 N–H and O–H groups in total. The molecular formula is C17H14ClN3O6S. The van der Waals surface area contributed by atoms with Crippen molar-refractivity contribution in [1.29, 1.82) is 0 Å². The Bertz CT molecular complexity index is 1170. The zero-order valence-electron chi connectivity index (χ0n) is 14.4. The van der Waals surface area contributed by atoms with Gasteiger partial charge >= 0.3 is 6.09 Å². The number of rotatable bonds is 5. The van der Waals surface area contributed by atoms with Crippen molar-refractivity contribution in [2.24, 2.45) is 0 Å². The molecule has 0 bridgehead atoms. The number of fused-ring (bicyclic) bond motifs is 1. The van der Waals surface area contributed by atoms with E-state index >= 15 is 0 Å². The Labute approximate surface area is 164 Å². The smallest absolute Gasteiger partial charge is 0.432 e. The number of hydrogen-bond donors (Lipinski definition) is 2. The number of nitrogens with zero attached hydrogens (tertiary/aromatic N) is 2. The normalized spacial score (nSPS) is 12.6. The Morgan fingerprint density at radius 3 is 2.64 bits per heavy atom. The number of carboxylic acid groups (broad SMARTS) is 1. The first-order chi connectivity index (χ1) is 13.1. The fourth-order valence-electron chi connectivity index (χ4n) is 2.57. The van der Waals surface area contributed by atoms with Crippen LogP contribution < -0.4 is 5.32 Å². The average molecular weight is 424 g/mol. The number of nitrogens with one attached hydrogen (secondary N) is 1. The Morgan fingerprint density at radius 1 is 1.25 bits per heavy atom. The van der Waals surface area contributed by atoms with Crippen LogP contribution in [0.25, 0.3) is 10.9 Å². The molecule has 1 aromatic heterocycles. The maximum Gasteiger partial charge on any atom is 0.432 e. The van der Waals surface area contributed by atoms with E-state index in [1.54, 1.807) is 12.1 Å². The molecule has 0 radical (unpaired) electrons. The Hall–Kier alpha value is -2.95. The molecule has 0 spiro atoms. The minimum Gasteiger partial charge on any atom is -0.463 e. The van der Waals surface area contributed by atoms with Crippen LogP contribution in [0.3, 0.4) is 0 Å². The lowest BCUT2D eigenvalue weighted by atomic mass is 10.1. The predicted molar refractivity (Wildman–Crippen MR) is 102 cm³/mol. The average Bonchev–Trinajstić information content (AvgIpc) is 3.02. The summed E-state index contributed by atoms with van der Waals surface area (Å²) < 4.78 is 28.9. The molecule has 3 aromatic rings. The summed E-state index contributed by atoms with van der Waals surface area (Å²) in [6.07, 6.45) is -0.523. The van der Waals surface area contributed by atoms with Crippen LogP contribution in [-0.4, -0.2) is 41.6 Å². The van der Waals surface area contributed by atoms with E-state index in [1.807, 2.05) is 0 Å². The topological polar surface area (TPSA) is 128 Å². The molecule has 1 amide bonds. The van der Waals surface area contributed by atoms with Crippen LogP contribution >= 0.6 is 11.6 Å². The van der Waals surface area contributed by atoms with Crippen molar-refractivity contribution in [2.45, 2.75) is 6.10 Å². The van der Waals surface area contributed by atoms with Crippen LogP contribution in [0.1, 0.15) is 11.7 Å². The third kappa shape index (κ3) is 4.47. The van der Waals surface area contributed by atoms with Gasteiger partial charge in [0, 0.05) is 16.1 Å². The van der Waals surface area contributed by atoms with E-state index in [0.29, 0.717) is 21.6 Å². The van der Waals surface area contributed by atoms with Crippen LogP contribution in [0.2, 0.25) is 5.02 Å². The predicted octanol–water partition coefficient (Wildman–Crippen LogP) is 2.87. The van der Waals surface area contributed by atoms with Crippen LogP contribution in [0.5, 0.6) is 0 Å². The molecule has 11 heteroatoms. The summed E-state index contributed by atoms with van der Waals surface area (Å²) in [5.74, 6) is -0.738. The highest BCUT2D eigenvalue weighted by Crippen LogP contribution is 2.25. The van der Waals surface area contributed by atoms with Crippen molar-refractivity contribution in [1.82, 2.24) is 9.78 Å². The molecule has 1 unspecified atom stereocenters. The van der Waals surface area contributed by atoms with E-state index in [4.69, 9.17) is 20.9 Å². The number of benzene rings is 2. The maximum atomic E-state index is 12.7. The first-order valence-electron chi connectivity index (χ1n) is 7.80. The van der Waals surface area contributed by atoms with Gasteiger partial charge in [-0.15, -0.1) is 0 Å². The van der Waals surface area contributed by atoms with Gasteiger partial charge in [0.25, 0.3) is 16.0 Å². The van der Waals surface area contributed by atoms with Crippen LogP contribution in [0, 0.1) is 0 Å². The van der Waals surface area contributed by atoms with Crippen LogP contribution in [0.4, 0.5) is 10.5 Å². The second-order valence-corrected chi connectivity index (χ2v) is 7.87. The van der Waals surface area contributed by atoms with E-state index in [1.165, 1.54) is 36.5 Å². The number of hydrogen-bond acceptors (Lipinski definition) is 6. The van der Waals surface area contributed by atoms with Gasteiger partial charge < -0.3 is 10.4 Å². The second kappa shape index (κ2) is 7.58. The maximum absolute atomic E-state index is 12.7. The quantitative estimate of drug-likeness (QED) is 0.604. The minimum absolute atomic E-state index is 0.259. The number of anilines is 1. The van der Waals surface area contributed by atoms with Crippen molar-refractivity contribution in [3.05, 3.63) is 59.2 Å². The summed E-state index contributed by atoms with van der Waals surface area (Å²) in [6.45, 7) is 0. The third-order valence-electron chi connectivity index (χ3n) is 3.68. The van der Waals surface area contributed by atoms with Crippen molar-refractivity contribution >= 4 is 50.3 Å². The summed E-state index contributed by atoms with van der Waals surface area (Å²) in [7, 11) is -3.95. The number of carbonyl (C=O) groups is 2. The Morgan fingerprint density at radius 2 is 2.00 bits per heavy atom. The molecule has 9 nitrogen and oxygen atoms in total. The number of halogens is 1. The van der Waals surface area contributed by atoms with Crippen molar-refractivity contribution in [3.63, 3.8) is 0 Å². The molecule has 0 saturated heterocycles. The van der Waals surface area contributed by atoms with E-state index in [-0.39, 0.29) is 5.56 Å². The summed E-state index contributed by atoms with van der Waals surface area (Å²) in [5, 5.41) is 16.2. The first kappa shape index (κ1) is 19.8. The Kier molecular flexibility index (Phi) is 5.36. The largest absolute Gasteiger partial charge is 0.463 e. The van der Waals surface area contributed by atoms with E-state index in [0.717, 1.165) is 10.9 Å². The summed E-state index contributed by atoms with van der Waals surface area (Å²) in [6, 6.07) is 10.5. The van der Waals surface area contributed by atoms with E-state index in [9.17, 15) is 18.0 Å². The third-order valence-corrected chi connectivity index (χ3v) is 4.45. The summed E-state index contributed by atoms with van der Waals surface area (Å²) >= 11 is 5.92. The molecule has 0 fully saturated rings. The monoisotopic (exact) mass is 423 g/mol. The molecule has 28 heavy (non-hydrogen) atoms. The fourth-order valence-corrected chi connectivity index (χ4v) is 3.31. The minimum atomic E-state index is -3.95. The van der Waals surface area contributed by atoms with Gasteiger partial charge in [-0.2, -0.15) is 18.2 Å². The lowest BCUT2D eigenvalue weighted by Crippen LogP contribution is -2.25. The van der Waals surface area contributed by atoms with Crippen molar-refractivity contribution in [3.8, 4) is 0 Å². The van der Waals surface area contributed by atoms with Crippen molar-refractivity contribution in [2.75, 3.05) is 11.6 Å². The molecule has 2 aromatic carbocycles. The zero-order valence-corrected chi connectivity index (χ0v) is 15.9. The molecule has 0 aliphatic rings. The second-order valence-electron chi connectivity index (χ2n) is 5.84. The lowest BCUT2D eigenvalue weighted by molar-refractivity contribution is -0.122. The highest BCUT2D eigenvalue weighted by atomic mass is 35.5. The van der Waals surface area contributed by atoms with Crippen LogP contribution in [-0.2, 0) is 19.1 Å². The fraction of sp³-hybridized carbons (Fsp3) is 0.118. The number of aromatic nitrogens is 2. The van der Waals surface area contributed by atoms with E-state index in [2.05, 4.69) is 10.4 Å². The van der Waals surface area contributed by atoms with Crippen LogP contribution in [0.15, 0.2) is 48.7 Å². The molecule has 0 saturated carbocycles. The zero-order chi connectivity index (χ0) is 20.5. The lowest BCUT2D eigenvalue weighted by Gasteiger charge is -2.17. The molecule has 0 aliphatic carbocycles. The molecule has 1 atom stereocenters. The van der Waals surface area contributed by atoms with Gasteiger partial charge in [0.1, 0.15) is 0 Å². The Balaban J connectivity index is 1.91. The molecule has 0 aliphatic heterocycles. The highest BCUT2D eigenvalue weighted by Gasteiger charge is 2.26. The SMILES string of the molecule is CS(=O)(=O)OC(C(=O)Nc1ccc2c(cnn2C(=O)O)c1)c1cccc(Cl)c1. The van der Waals surface area contributed by atoms with Gasteiger partial charge in [0.2, 0.25) is 0 Å². The molecule has 146 valence electrons. The summed E-state index contributed by atoms with van der Waals surface area (Å²) in [4.78, 5) is 23.8.